The molecule has 0 amide bonds. The number of aromatic nitrogens is 3. The van der Waals surface area contributed by atoms with Gasteiger partial charge >= 0.3 is 0 Å². The van der Waals surface area contributed by atoms with Gasteiger partial charge in [-0.05, 0) is 11.7 Å². The average Bonchev–Trinajstić information content (AvgIpc) is 2.63. The van der Waals surface area contributed by atoms with Crippen molar-refractivity contribution in [3.63, 3.8) is 0 Å². The summed E-state index contributed by atoms with van der Waals surface area (Å²) in [5.74, 6) is 0.925. The lowest BCUT2D eigenvalue weighted by atomic mass is 10.2. The Kier molecular flexibility index (Phi) is 5.11. The highest BCUT2D eigenvalue weighted by atomic mass is 32.2. The van der Waals surface area contributed by atoms with Gasteiger partial charge in [0.1, 0.15) is 0 Å². The normalized spacial score (nSPS) is 13.4. The first-order chi connectivity index (χ1) is 7.15. The van der Waals surface area contributed by atoms with Gasteiger partial charge in [-0.25, -0.2) is 4.68 Å². The summed E-state index contributed by atoms with van der Waals surface area (Å²) in [6, 6.07) is 0.0407. The fraction of sp³-hybridized carbons (Fsp3) is 0.800. The Morgan fingerprint density at radius 1 is 1.53 bits per heavy atom. The lowest BCUT2D eigenvalue weighted by Crippen LogP contribution is -2.19. The van der Waals surface area contributed by atoms with Gasteiger partial charge in [-0.2, -0.15) is 11.8 Å². The van der Waals surface area contributed by atoms with E-state index in [4.69, 9.17) is 5.73 Å². The van der Waals surface area contributed by atoms with Crippen molar-refractivity contribution in [2.45, 2.75) is 45.0 Å². The molecule has 1 atom stereocenters. The zero-order valence-corrected chi connectivity index (χ0v) is 10.5. The molecule has 0 bridgehead atoms. The molecule has 1 heterocycles. The Morgan fingerprint density at radius 2 is 2.27 bits per heavy atom. The van der Waals surface area contributed by atoms with Crippen LogP contribution in [0, 0.1) is 0 Å². The molecule has 4 nitrogen and oxygen atoms in total. The predicted octanol–water partition coefficient (Wildman–Crippen LogP) is 1.83. The molecule has 0 saturated carbocycles. The first kappa shape index (κ1) is 12.5. The SMILES string of the molecule is CCCn1nncc1C(N)CSC(C)C. The minimum absolute atomic E-state index is 0.0407. The van der Waals surface area contributed by atoms with E-state index in [9.17, 15) is 0 Å². The van der Waals surface area contributed by atoms with Crippen LogP contribution in [0.1, 0.15) is 38.9 Å². The number of nitrogens with two attached hydrogens (primary N) is 1. The van der Waals surface area contributed by atoms with Crippen LogP contribution in [0.25, 0.3) is 0 Å². The first-order valence-electron chi connectivity index (χ1n) is 5.40. The largest absolute Gasteiger partial charge is 0.322 e. The van der Waals surface area contributed by atoms with Crippen molar-refractivity contribution < 1.29 is 0 Å². The summed E-state index contributed by atoms with van der Waals surface area (Å²) >= 11 is 1.87. The summed E-state index contributed by atoms with van der Waals surface area (Å²) in [6.07, 6.45) is 2.83. The van der Waals surface area contributed by atoms with Crippen molar-refractivity contribution in [1.29, 1.82) is 0 Å². The fourth-order valence-electron chi connectivity index (χ4n) is 1.32. The Hall–Kier alpha value is -0.550. The Bertz CT molecular complexity index is 285. The molecule has 0 spiro atoms. The van der Waals surface area contributed by atoms with E-state index in [2.05, 4.69) is 31.1 Å². The van der Waals surface area contributed by atoms with Crippen molar-refractivity contribution in [2.75, 3.05) is 5.75 Å². The van der Waals surface area contributed by atoms with E-state index >= 15 is 0 Å². The van der Waals surface area contributed by atoms with Gasteiger partial charge in [-0.3, -0.25) is 0 Å². The van der Waals surface area contributed by atoms with E-state index in [1.807, 2.05) is 16.4 Å². The van der Waals surface area contributed by atoms with Crippen molar-refractivity contribution in [1.82, 2.24) is 15.0 Å². The number of thioether (sulfide) groups is 1. The molecule has 86 valence electrons. The molecule has 1 rings (SSSR count). The van der Waals surface area contributed by atoms with Crippen LogP contribution in [0.2, 0.25) is 0 Å². The zero-order valence-electron chi connectivity index (χ0n) is 9.68. The zero-order chi connectivity index (χ0) is 11.3. The summed E-state index contributed by atoms with van der Waals surface area (Å²) in [4.78, 5) is 0. The molecule has 0 radical (unpaired) electrons. The maximum Gasteiger partial charge on any atom is 0.0762 e. The highest BCUT2D eigenvalue weighted by molar-refractivity contribution is 7.99. The second kappa shape index (κ2) is 6.12. The quantitative estimate of drug-likeness (QED) is 0.807. The molecule has 0 fully saturated rings. The minimum Gasteiger partial charge on any atom is -0.322 e. The summed E-state index contributed by atoms with van der Waals surface area (Å²) in [5.41, 5.74) is 7.14. The molecule has 0 saturated heterocycles. The minimum atomic E-state index is 0.0407. The van der Waals surface area contributed by atoms with E-state index < -0.39 is 0 Å². The van der Waals surface area contributed by atoms with Crippen molar-refractivity contribution in [2.24, 2.45) is 5.73 Å². The van der Waals surface area contributed by atoms with Crippen LogP contribution >= 0.6 is 11.8 Å². The van der Waals surface area contributed by atoms with E-state index in [0.29, 0.717) is 5.25 Å². The third kappa shape index (κ3) is 3.83. The van der Waals surface area contributed by atoms with Crippen molar-refractivity contribution >= 4 is 11.8 Å². The third-order valence-electron chi connectivity index (χ3n) is 2.07. The van der Waals surface area contributed by atoms with Gasteiger partial charge in [0, 0.05) is 12.3 Å². The predicted molar refractivity (Wildman–Crippen MR) is 64.8 cm³/mol. The maximum atomic E-state index is 6.10. The van der Waals surface area contributed by atoms with Crippen molar-refractivity contribution in [3.05, 3.63) is 11.9 Å². The van der Waals surface area contributed by atoms with Gasteiger partial charge in [-0.15, -0.1) is 5.10 Å². The maximum absolute atomic E-state index is 6.10. The molecule has 0 aliphatic heterocycles. The summed E-state index contributed by atoms with van der Waals surface area (Å²) in [5, 5.41) is 8.56. The van der Waals surface area contributed by atoms with Gasteiger partial charge in [0.25, 0.3) is 0 Å². The van der Waals surface area contributed by atoms with E-state index in [-0.39, 0.29) is 6.04 Å². The molecule has 5 heteroatoms. The van der Waals surface area contributed by atoms with E-state index in [1.54, 1.807) is 6.20 Å². The van der Waals surface area contributed by atoms with Gasteiger partial charge in [0.2, 0.25) is 0 Å². The molecule has 1 aromatic heterocycles. The highest BCUT2D eigenvalue weighted by Crippen LogP contribution is 2.18. The molecule has 2 N–H and O–H groups in total. The lowest BCUT2D eigenvalue weighted by Gasteiger charge is -2.13. The second-order valence-electron chi connectivity index (χ2n) is 3.87. The number of hydrogen-bond donors (Lipinski definition) is 1. The van der Waals surface area contributed by atoms with Crippen LogP contribution in [0.15, 0.2) is 6.20 Å². The molecule has 1 aromatic rings. The first-order valence-corrected chi connectivity index (χ1v) is 6.45. The number of nitrogens with zero attached hydrogens (tertiary/aromatic N) is 3. The van der Waals surface area contributed by atoms with Crippen LogP contribution in [-0.2, 0) is 6.54 Å². The topological polar surface area (TPSA) is 56.7 Å². The Morgan fingerprint density at radius 3 is 2.87 bits per heavy atom. The lowest BCUT2D eigenvalue weighted by molar-refractivity contribution is 0.539. The third-order valence-corrected chi connectivity index (χ3v) is 3.29. The number of aryl methyl sites for hydroxylation is 1. The van der Waals surface area contributed by atoms with Crippen molar-refractivity contribution in [3.8, 4) is 0 Å². The van der Waals surface area contributed by atoms with Crippen LogP contribution < -0.4 is 5.73 Å². The molecule has 15 heavy (non-hydrogen) atoms. The molecular formula is C10H20N4S. The number of rotatable bonds is 6. The molecule has 1 unspecified atom stereocenters. The van der Waals surface area contributed by atoms with Gasteiger partial charge in [0.05, 0.1) is 17.9 Å². The van der Waals surface area contributed by atoms with Gasteiger partial charge in [0.15, 0.2) is 0 Å². The molecule has 0 aliphatic rings. The highest BCUT2D eigenvalue weighted by Gasteiger charge is 2.12. The number of hydrogen-bond acceptors (Lipinski definition) is 4. The average molecular weight is 228 g/mol. The summed E-state index contributed by atoms with van der Waals surface area (Å²) < 4.78 is 1.91. The monoisotopic (exact) mass is 228 g/mol. The van der Waals surface area contributed by atoms with Crippen LogP contribution in [0.5, 0.6) is 0 Å². The summed E-state index contributed by atoms with van der Waals surface area (Å²) in [7, 11) is 0. The Balaban J connectivity index is 2.56. The molecular weight excluding hydrogens is 208 g/mol. The van der Waals surface area contributed by atoms with E-state index in [0.717, 1.165) is 24.4 Å². The Labute approximate surface area is 95.6 Å². The second-order valence-corrected chi connectivity index (χ2v) is 5.48. The van der Waals surface area contributed by atoms with Crippen LogP contribution in [-0.4, -0.2) is 26.0 Å². The molecule has 0 aliphatic carbocycles. The van der Waals surface area contributed by atoms with E-state index in [1.165, 1.54) is 0 Å². The van der Waals surface area contributed by atoms with Crippen LogP contribution in [0.4, 0.5) is 0 Å². The fourth-order valence-corrected chi connectivity index (χ4v) is 2.08. The summed E-state index contributed by atoms with van der Waals surface area (Å²) in [6.45, 7) is 7.38. The van der Waals surface area contributed by atoms with Gasteiger partial charge in [-0.1, -0.05) is 26.0 Å². The standard InChI is InChI=1S/C10H20N4S/c1-4-5-14-10(6-12-13-14)9(11)7-15-8(2)3/h6,8-9H,4-5,7,11H2,1-3H3. The smallest absolute Gasteiger partial charge is 0.0762 e. The van der Waals surface area contributed by atoms with Crippen LogP contribution in [0.3, 0.4) is 0 Å². The van der Waals surface area contributed by atoms with Gasteiger partial charge < -0.3 is 5.73 Å². The molecule has 0 aromatic carbocycles.